The Morgan fingerprint density at radius 3 is 2.88 bits per heavy atom. The molecule has 5 nitrogen and oxygen atoms in total. The maximum atomic E-state index is 12.2. The molecular formula is C11H16BrN3O2. The Morgan fingerprint density at radius 1 is 1.59 bits per heavy atom. The van der Waals surface area contributed by atoms with Gasteiger partial charge in [-0.1, -0.05) is 6.92 Å². The summed E-state index contributed by atoms with van der Waals surface area (Å²) in [5, 5.41) is 8.94. The van der Waals surface area contributed by atoms with E-state index in [0.29, 0.717) is 28.9 Å². The molecule has 0 unspecified atom stereocenters. The summed E-state index contributed by atoms with van der Waals surface area (Å²) < 4.78 is 0.607. The third kappa shape index (κ3) is 3.67. The number of nitrogen functional groups attached to an aromatic ring is 1. The standard InChI is InChI=1S/C11H16BrN3O2/c1-2-3-15(4-5-16)11(17)8-6-10(13)14-7-9(8)12/h6-7,16H,2-5H2,1H3,(H2,13,14). The molecule has 1 amide bonds. The molecule has 1 rings (SSSR count). The normalized spacial score (nSPS) is 10.3. The second-order valence-corrected chi connectivity index (χ2v) is 4.46. The topological polar surface area (TPSA) is 79.5 Å². The monoisotopic (exact) mass is 301 g/mol. The van der Waals surface area contributed by atoms with E-state index < -0.39 is 0 Å². The van der Waals surface area contributed by atoms with E-state index in [4.69, 9.17) is 10.8 Å². The molecule has 1 aromatic heterocycles. The van der Waals surface area contributed by atoms with Gasteiger partial charge in [0.15, 0.2) is 0 Å². The summed E-state index contributed by atoms with van der Waals surface area (Å²) >= 11 is 3.27. The van der Waals surface area contributed by atoms with Crippen LogP contribution in [0.25, 0.3) is 0 Å². The van der Waals surface area contributed by atoms with Gasteiger partial charge in [0.05, 0.1) is 12.2 Å². The van der Waals surface area contributed by atoms with Crippen LogP contribution in [-0.2, 0) is 0 Å². The average molecular weight is 302 g/mol. The first-order valence-electron chi connectivity index (χ1n) is 5.41. The summed E-state index contributed by atoms with van der Waals surface area (Å²) in [6.07, 6.45) is 2.34. The van der Waals surface area contributed by atoms with Crippen LogP contribution in [0.1, 0.15) is 23.7 Å². The lowest BCUT2D eigenvalue weighted by Crippen LogP contribution is -2.34. The highest BCUT2D eigenvalue weighted by Crippen LogP contribution is 2.19. The van der Waals surface area contributed by atoms with E-state index in [1.807, 2.05) is 6.92 Å². The zero-order valence-corrected chi connectivity index (χ0v) is 11.3. The lowest BCUT2D eigenvalue weighted by molar-refractivity contribution is 0.0721. The van der Waals surface area contributed by atoms with Crippen molar-refractivity contribution in [2.75, 3.05) is 25.4 Å². The minimum Gasteiger partial charge on any atom is -0.395 e. The maximum Gasteiger partial charge on any atom is 0.255 e. The van der Waals surface area contributed by atoms with Gasteiger partial charge in [0.1, 0.15) is 5.82 Å². The van der Waals surface area contributed by atoms with Crippen LogP contribution in [-0.4, -0.2) is 40.6 Å². The Labute approximate surface area is 109 Å². The molecule has 6 heteroatoms. The van der Waals surface area contributed by atoms with Crippen LogP contribution >= 0.6 is 15.9 Å². The van der Waals surface area contributed by atoms with Crippen LogP contribution in [0.5, 0.6) is 0 Å². The third-order valence-electron chi connectivity index (χ3n) is 2.26. The van der Waals surface area contributed by atoms with Crippen LogP contribution in [0.15, 0.2) is 16.7 Å². The largest absolute Gasteiger partial charge is 0.395 e. The molecule has 0 fully saturated rings. The number of rotatable bonds is 5. The third-order valence-corrected chi connectivity index (χ3v) is 2.89. The molecule has 0 bridgehead atoms. The first-order chi connectivity index (χ1) is 8.10. The van der Waals surface area contributed by atoms with Crippen molar-refractivity contribution < 1.29 is 9.90 Å². The first kappa shape index (κ1) is 13.9. The fourth-order valence-electron chi connectivity index (χ4n) is 1.49. The molecule has 0 aliphatic heterocycles. The predicted molar refractivity (Wildman–Crippen MR) is 69.6 cm³/mol. The van der Waals surface area contributed by atoms with E-state index >= 15 is 0 Å². The van der Waals surface area contributed by atoms with E-state index in [2.05, 4.69) is 20.9 Å². The highest BCUT2D eigenvalue weighted by Gasteiger charge is 2.17. The molecule has 1 aromatic rings. The molecule has 0 radical (unpaired) electrons. The molecule has 0 aliphatic rings. The molecule has 94 valence electrons. The minimum atomic E-state index is -0.151. The number of halogens is 1. The molecule has 3 N–H and O–H groups in total. The number of anilines is 1. The SMILES string of the molecule is CCCN(CCO)C(=O)c1cc(N)ncc1Br. The van der Waals surface area contributed by atoms with Crippen LogP contribution in [0, 0.1) is 0 Å². The fraction of sp³-hybridized carbons (Fsp3) is 0.455. The first-order valence-corrected chi connectivity index (χ1v) is 6.20. The second kappa shape index (κ2) is 6.56. The molecule has 0 spiro atoms. The molecule has 17 heavy (non-hydrogen) atoms. The van der Waals surface area contributed by atoms with Crippen molar-refractivity contribution in [3.05, 3.63) is 22.3 Å². The molecule has 0 saturated heterocycles. The molecule has 0 aromatic carbocycles. The number of aliphatic hydroxyl groups is 1. The summed E-state index contributed by atoms with van der Waals surface area (Å²) in [7, 11) is 0. The van der Waals surface area contributed by atoms with Gasteiger partial charge in [-0.3, -0.25) is 4.79 Å². The number of amides is 1. The summed E-state index contributed by atoms with van der Waals surface area (Å²) in [4.78, 5) is 17.7. The minimum absolute atomic E-state index is 0.0517. The van der Waals surface area contributed by atoms with Crippen LogP contribution < -0.4 is 5.73 Å². The number of pyridine rings is 1. The van der Waals surface area contributed by atoms with Gasteiger partial charge in [0, 0.05) is 23.8 Å². The van der Waals surface area contributed by atoms with Crippen molar-refractivity contribution in [2.45, 2.75) is 13.3 Å². The summed E-state index contributed by atoms with van der Waals surface area (Å²) in [5.41, 5.74) is 6.03. The van der Waals surface area contributed by atoms with Gasteiger partial charge in [-0.25, -0.2) is 4.98 Å². The van der Waals surface area contributed by atoms with Gasteiger partial charge >= 0.3 is 0 Å². The van der Waals surface area contributed by atoms with E-state index in [1.54, 1.807) is 4.90 Å². The van der Waals surface area contributed by atoms with Crippen molar-refractivity contribution in [1.82, 2.24) is 9.88 Å². The van der Waals surface area contributed by atoms with Crippen molar-refractivity contribution in [3.63, 3.8) is 0 Å². The molecule has 0 saturated carbocycles. The van der Waals surface area contributed by atoms with Crippen molar-refractivity contribution >= 4 is 27.7 Å². The highest BCUT2D eigenvalue weighted by atomic mass is 79.9. The average Bonchev–Trinajstić information content (AvgIpc) is 2.31. The van der Waals surface area contributed by atoms with Gasteiger partial charge in [0.25, 0.3) is 5.91 Å². The second-order valence-electron chi connectivity index (χ2n) is 3.60. The van der Waals surface area contributed by atoms with Crippen LogP contribution in [0.3, 0.4) is 0 Å². The number of carbonyl (C=O) groups excluding carboxylic acids is 1. The van der Waals surface area contributed by atoms with E-state index in [1.165, 1.54) is 12.3 Å². The van der Waals surface area contributed by atoms with Crippen molar-refractivity contribution in [2.24, 2.45) is 0 Å². The molecule has 0 aliphatic carbocycles. The van der Waals surface area contributed by atoms with Crippen molar-refractivity contribution in [3.8, 4) is 0 Å². The van der Waals surface area contributed by atoms with Gasteiger partial charge in [-0.2, -0.15) is 0 Å². The predicted octanol–water partition coefficient (Wildman–Crippen LogP) is 1.27. The van der Waals surface area contributed by atoms with E-state index in [0.717, 1.165) is 6.42 Å². The Hall–Kier alpha value is -1.14. The van der Waals surface area contributed by atoms with Crippen LogP contribution in [0.4, 0.5) is 5.82 Å². The van der Waals surface area contributed by atoms with Gasteiger partial charge in [-0.15, -0.1) is 0 Å². The summed E-state index contributed by atoms with van der Waals surface area (Å²) in [5.74, 6) is 0.152. The quantitative estimate of drug-likeness (QED) is 0.858. The summed E-state index contributed by atoms with van der Waals surface area (Å²) in [6, 6.07) is 1.53. The Morgan fingerprint density at radius 2 is 2.29 bits per heavy atom. The number of aromatic nitrogens is 1. The smallest absolute Gasteiger partial charge is 0.255 e. The number of aliphatic hydroxyl groups excluding tert-OH is 1. The lowest BCUT2D eigenvalue weighted by Gasteiger charge is -2.21. The van der Waals surface area contributed by atoms with Gasteiger partial charge in [-0.05, 0) is 28.4 Å². The zero-order valence-electron chi connectivity index (χ0n) is 9.69. The van der Waals surface area contributed by atoms with Crippen LogP contribution in [0.2, 0.25) is 0 Å². The summed E-state index contributed by atoms with van der Waals surface area (Å²) in [6.45, 7) is 2.85. The Bertz CT molecular complexity index is 392. The number of carbonyl (C=O) groups is 1. The number of nitrogens with zero attached hydrogens (tertiary/aromatic N) is 2. The lowest BCUT2D eigenvalue weighted by atomic mass is 10.2. The Balaban J connectivity index is 2.95. The number of hydrogen-bond donors (Lipinski definition) is 2. The zero-order chi connectivity index (χ0) is 12.8. The number of hydrogen-bond acceptors (Lipinski definition) is 4. The van der Waals surface area contributed by atoms with E-state index in [9.17, 15) is 4.79 Å². The van der Waals surface area contributed by atoms with Crippen molar-refractivity contribution in [1.29, 1.82) is 0 Å². The van der Waals surface area contributed by atoms with Gasteiger partial charge < -0.3 is 15.7 Å². The Kier molecular flexibility index (Phi) is 5.37. The molecular weight excluding hydrogens is 286 g/mol. The molecule has 1 heterocycles. The highest BCUT2D eigenvalue weighted by molar-refractivity contribution is 9.10. The maximum absolute atomic E-state index is 12.2. The molecule has 0 atom stereocenters. The fourth-order valence-corrected chi connectivity index (χ4v) is 1.88. The number of nitrogens with two attached hydrogens (primary N) is 1. The van der Waals surface area contributed by atoms with Gasteiger partial charge in [0.2, 0.25) is 0 Å². The van der Waals surface area contributed by atoms with E-state index in [-0.39, 0.29) is 12.5 Å².